The largest absolute Gasteiger partial charge is 0.441 e. The molecule has 4 nitrogen and oxygen atoms in total. The van der Waals surface area contributed by atoms with Gasteiger partial charge in [-0.2, -0.15) is 0 Å². The summed E-state index contributed by atoms with van der Waals surface area (Å²) in [5.41, 5.74) is 8.53. The standard InChI is InChI=1S/C13H19N3O/c1-9-16-11-5-4-10(6-12(11)17-9)15-8-13(2,3)7-14/h4-6,15H,7-8,14H2,1-3H3. The topological polar surface area (TPSA) is 64.1 Å². The van der Waals surface area contributed by atoms with E-state index in [9.17, 15) is 0 Å². The number of aromatic nitrogens is 1. The molecule has 92 valence electrons. The number of oxazole rings is 1. The highest BCUT2D eigenvalue weighted by Crippen LogP contribution is 2.21. The zero-order valence-electron chi connectivity index (χ0n) is 10.6. The van der Waals surface area contributed by atoms with E-state index in [-0.39, 0.29) is 5.41 Å². The van der Waals surface area contributed by atoms with Crippen molar-refractivity contribution in [3.05, 3.63) is 24.1 Å². The van der Waals surface area contributed by atoms with Crippen LogP contribution >= 0.6 is 0 Å². The molecule has 0 amide bonds. The molecule has 0 saturated carbocycles. The van der Waals surface area contributed by atoms with Gasteiger partial charge in [0.25, 0.3) is 0 Å². The van der Waals surface area contributed by atoms with Gasteiger partial charge in [0.15, 0.2) is 11.5 Å². The van der Waals surface area contributed by atoms with Crippen molar-refractivity contribution < 1.29 is 4.42 Å². The zero-order valence-corrected chi connectivity index (χ0v) is 10.6. The molecule has 2 aromatic rings. The summed E-state index contributed by atoms with van der Waals surface area (Å²) < 4.78 is 5.49. The minimum atomic E-state index is 0.0896. The number of nitrogens with one attached hydrogen (secondary N) is 1. The van der Waals surface area contributed by atoms with E-state index in [2.05, 4.69) is 24.1 Å². The maximum Gasteiger partial charge on any atom is 0.192 e. The first-order chi connectivity index (χ1) is 8.00. The molecule has 0 atom stereocenters. The molecule has 0 saturated heterocycles. The summed E-state index contributed by atoms with van der Waals surface area (Å²) in [5, 5.41) is 3.37. The third kappa shape index (κ3) is 2.77. The smallest absolute Gasteiger partial charge is 0.192 e. The SMILES string of the molecule is Cc1nc2ccc(NCC(C)(C)CN)cc2o1. The lowest BCUT2D eigenvalue weighted by Crippen LogP contribution is -2.31. The Morgan fingerprint density at radius 1 is 1.41 bits per heavy atom. The van der Waals surface area contributed by atoms with Crippen molar-refractivity contribution in [2.45, 2.75) is 20.8 Å². The molecular formula is C13H19N3O. The van der Waals surface area contributed by atoms with Crippen LogP contribution in [0.5, 0.6) is 0 Å². The molecule has 0 radical (unpaired) electrons. The second-order valence-electron chi connectivity index (χ2n) is 5.14. The fourth-order valence-electron chi connectivity index (χ4n) is 1.56. The molecule has 0 aliphatic rings. The van der Waals surface area contributed by atoms with Gasteiger partial charge in [-0.15, -0.1) is 0 Å². The highest BCUT2D eigenvalue weighted by molar-refractivity contribution is 5.77. The van der Waals surface area contributed by atoms with Crippen molar-refractivity contribution in [3.63, 3.8) is 0 Å². The van der Waals surface area contributed by atoms with Gasteiger partial charge in [-0.05, 0) is 24.1 Å². The van der Waals surface area contributed by atoms with Crippen LogP contribution in [-0.2, 0) is 0 Å². The van der Waals surface area contributed by atoms with Crippen LogP contribution in [0.4, 0.5) is 5.69 Å². The van der Waals surface area contributed by atoms with Gasteiger partial charge in [-0.25, -0.2) is 4.98 Å². The first-order valence-corrected chi connectivity index (χ1v) is 5.81. The Balaban J connectivity index is 2.14. The van der Waals surface area contributed by atoms with Crippen LogP contribution in [0, 0.1) is 12.3 Å². The van der Waals surface area contributed by atoms with E-state index < -0.39 is 0 Å². The second kappa shape index (κ2) is 4.37. The van der Waals surface area contributed by atoms with Crippen molar-refractivity contribution in [1.82, 2.24) is 4.98 Å². The van der Waals surface area contributed by atoms with Gasteiger partial charge in [0.1, 0.15) is 5.52 Å². The van der Waals surface area contributed by atoms with E-state index in [0.717, 1.165) is 23.3 Å². The van der Waals surface area contributed by atoms with Gasteiger partial charge < -0.3 is 15.5 Å². The lowest BCUT2D eigenvalue weighted by atomic mass is 9.94. The third-order valence-electron chi connectivity index (χ3n) is 2.82. The number of anilines is 1. The average molecular weight is 233 g/mol. The van der Waals surface area contributed by atoms with Gasteiger partial charge in [0.05, 0.1) is 0 Å². The molecule has 1 aromatic carbocycles. The first kappa shape index (κ1) is 11.9. The summed E-state index contributed by atoms with van der Waals surface area (Å²) in [6.07, 6.45) is 0. The number of nitrogens with zero attached hydrogens (tertiary/aromatic N) is 1. The number of aryl methyl sites for hydroxylation is 1. The van der Waals surface area contributed by atoms with Crippen LogP contribution in [-0.4, -0.2) is 18.1 Å². The molecule has 0 aliphatic carbocycles. The molecule has 0 bridgehead atoms. The lowest BCUT2D eigenvalue weighted by Gasteiger charge is -2.23. The monoisotopic (exact) mass is 233 g/mol. The Bertz CT molecular complexity index is 516. The minimum absolute atomic E-state index is 0.0896. The molecule has 0 aliphatic heterocycles. The fourth-order valence-corrected chi connectivity index (χ4v) is 1.56. The van der Waals surface area contributed by atoms with Crippen LogP contribution in [0.1, 0.15) is 19.7 Å². The zero-order chi connectivity index (χ0) is 12.5. The normalized spacial score (nSPS) is 12.0. The summed E-state index contributed by atoms with van der Waals surface area (Å²) in [7, 11) is 0. The molecule has 1 aromatic heterocycles. The number of fused-ring (bicyclic) bond motifs is 1. The van der Waals surface area contributed by atoms with Crippen molar-refractivity contribution in [2.24, 2.45) is 11.1 Å². The van der Waals surface area contributed by atoms with E-state index in [4.69, 9.17) is 10.2 Å². The summed E-state index contributed by atoms with van der Waals surface area (Å²) in [6.45, 7) is 7.62. The maximum absolute atomic E-state index is 5.70. The quantitative estimate of drug-likeness (QED) is 0.851. The summed E-state index contributed by atoms with van der Waals surface area (Å²) in [6, 6.07) is 5.95. The lowest BCUT2D eigenvalue weighted by molar-refractivity contribution is 0.405. The van der Waals surface area contributed by atoms with E-state index in [1.54, 1.807) is 0 Å². The van der Waals surface area contributed by atoms with Gasteiger partial charge in [0.2, 0.25) is 0 Å². The third-order valence-corrected chi connectivity index (χ3v) is 2.82. The van der Waals surface area contributed by atoms with Gasteiger partial charge >= 0.3 is 0 Å². The Morgan fingerprint density at radius 3 is 2.88 bits per heavy atom. The molecule has 1 heterocycles. The van der Waals surface area contributed by atoms with Gasteiger partial charge in [0, 0.05) is 25.2 Å². The number of rotatable bonds is 4. The maximum atomic E-state index is 5.70. The fraction of sp³-hybridized carbons (Fsp3) is 0.462. The highest BCUT2D eigenvalue weighted by Gasteiger charge is 2.15. The molecule has 0 unspecified atom stereocenters. The van der Waals surface area contributed by atoms with Gasteiger partial charge in [-0.1, -0.05) is 13.8 Å². The predicted molar refractivity (Wildman–Crippen MR) is 70.1 cm³/mol. The Morgan fingerprint density at radius 2 is 2.18 bits per heavy atom. The first-order valence-electron chi connectivity index (χ1n) is 5.81. The highest BCUT2D eigenvalue weighted by atomic mass is 16.3. The summed E-state index contributed by atoms with van der Waals surface area (Å²) >= 11 is 0. The van der Waals surface area contributed by atoms with E-state index in [1.165, 1.54) is 0 Å². The molecular weight excluding hydrogens is 214 g/mol. The van der Waals surface area contributed by atoms with Crippen molar-refractivity contribution in [1.29, 1.82) is 0 Å². The number of benzene rings is 1. The van der Waals surface area contributed by atoms with Crippen LogP contribution in [0.3, 0.4) is 0 Å². The molecule has 2 rings (SSSR count). The van der Waals surface area contributed by atoms with Crippen molar-refractivity contribution >= 4 is 16.8 Å². The molecule has 0 spiro atoms. The van der Waals surface area contributed by atoms with E-state index >= 15 is 0 Å². The van der Waals surface area contributed by atoms with E-state index in [0.29, 0.717) is 12.4 Å². The van der Waals surface area contributed by atoms with Crippen molar-refractivity contribution in [3.8, 4) is 0 Å². The minimum Gasteiger partial charge on any atom is -0.441 e. The number of nitrogens with two attached hydrogens (primary N) is 1. The predicted octanol–water partition coefficient (Wildman–Crippen LogP) is 2.53. The van der Waals surface area contributed by atoms with E-state index in [1.807, 2.05) is 25.1 Å². The number of hydrogen-bond acceptors (Lipinski definition) is 4. The summed E-state index contributed by atoms with van der Waals surface area (Å²) in [4.78, 5) is 4.26. The van der Waals surface area contributed by atoms with Crippen molar-refractivity contribution in [2.75, 3.05) is 18.4 Å². The molecule has 17 heavy (non-hydrogen) atoms. The van der Waals surface area contributed by atoms with Crippen LogP contribution in [0.25, 0.3) is 11.1 Å². The summed E-state index contributed by atoms with van der Waals surface area (Å²) in [5.74, 6) is 0.694. The Hall–Kier alpha value is -1.55. The average Bonchev–Trinajstić information content (AvgIpc) is 2.66. The van der Waals surface area contributed by atoms with Gasteiger partial charge in [-0.3, -0.25) is 0 Å². The number of hydrogen-bond donors (Lipinski definition) is 2. The second-order valence-corrected chi connectivity index (χ2v) is 5.14. The molecule has 4 heteroatoms. The van der Waals surface area contributed by atoms with Crippen LogP contribution in [0.2, 0.25) is 0 Å². The Kier molecular flexibility index (Phi) is 3.07. The van der Waals surface area contributed by atoms with Crippen LogP contribution in [0.15, 0.2) is 22.6 Å². The Labute approximate surface area is 101 Å². The molecule has 0 fully saturated rings. The van der Waals surface area contributed by atoms with Crippen LogP contribution < -0.4 is 11.1 Å². The molecule has 3 N–H and O–H groups in total.